The van der Waals surface area contributed by atoms with Gasteiger partial charge in [-0.05, 0) is 38.1 Å². The van der Waals surface area contributed by atoms with Crippen molar-refractivity contribution in [1.29, 1.82) is 0 Å². The molecule has 6 heteroatoms. The highest BCUT2D eigenvalue weighted by atomic mass is 32.1. The van der Waals surface area contributed by atoms with Crippen LogP contribution in [0, 0.1) is 0 Å². The first-order valence-corrected chi connectivity index (χ1v) is 8.64. The van der Waals surface area contributed by atoms with Crippen LogP contribution >= 0.6 is 11.3 Å². The summed E-state index contributed by atoms with van der Waals surface area (Å²) in [6.07, 6.45) is 0. The molecule has 2 aromatic rings. The van der Waals surface area contributed by atoms with Crippen LogP contribution in [0.3, 0.4) is 0 Å². The SMILES string of the molecule is CCOc1ccc(-c2nc(C(=O)N3CCOC[C@@H]3C)cs2)cc1. The van der Waals surface area contributed by atoms with Gasteiger partial charge in [0.2, 0.25) is 0 Å². The maximum absolute atomic E-state index is 12.6. The van der Waals surface area contributed by atoms with Gasteiger partial charge in [-0.2, -0.15) is 0 Å². The van der Waals surface area contributed by atoms with E-state index >= 15 is 0 Å². The van der Waals surface area contributed by atoms with Crippen molar-refractivity contribution in [2.45, 2.75) is 19.9 Å². The maximum atomic E-state index is 12.6. The smallest absolute Gasteiger partial charge is 0.273 e. The van der Waals surface area contributed by atoms with Gasteiger partial charge in [0, 0.05) is 17.5 Å². The van der Waals surface area contributed by atoms with Gasteiger partial charge in [0.1, 0.15) is 16.5 Å². The Morgan fingerprint density at radius 1 is 1.43 bits per heavy atom. The summed E-state index contributed by atoms with van der Waals surface area (Å²) in [5.41, 5.74) is 1.50. The molecule has 0 radical (unpaired) electrons. The van der Waals surface area contributed by atoms with Crippen LogP contribution in [0.4, 0.5) is 0 Å². The Bertz CT molecular complexity index is 669. The lowest BCUT2D eigenvalue weighted by atomic mass is 10.2. The Morgan fingerprint density at radius 3 is 2.91 bits per heavy atom. The molecular weight excluding hydrogens is 312 g/mol. The molecule has 1 aliphatic heterocycles. The number of ether oxygens (including phenoxy) is 2. The number of rotatable bonds is 4. The van der Waals surface area contributed by atoms with Gasteiger partial charge < -0.3 is 14.4 Å². The fourth-order valence-corrected chi connectivity index (χ4v) is 3.34. The molecule has 0 unspecified atom stereocenters. The van der Waals surface area contributed by atoms with Gasteiger partial charge in [-0.15, -0.1) is 11.3 Å². The largest absolute Gasteiger partial charge is 0.494 e. The molecule has 3 rings (SSSR count). The predicted octanol–water partition coefficient (Wildman–Crippen LogP) is 3.07. The Labute approximate surface area is 139 Å². The first kappa shape index (κ1) is 16.0. The lowest BCUT2D eigenvalue weighted by Crippen LogP contribution is -2.47. The molecule has 1 amide bonds. The lowest BCUT2D eigenvalue weighted by molar-refractivity contribution is 0.00332. The highest BCUT2D eigenvalue weighted by Gasteiger charge is 2.26. The Balaban J connectivity index is 1.75. The minimum absolute atomic E-state index is 0.0192. The van der Waals surface area contributed by atoms with E-state index in [4.69, 9.17) is 9.47 Å². The number of benzene rings is 1. The molecule has 0 spiro atoms. The van der Waals surface area contributed by atoms with E-state index in [1.165, 1.54) is 11.3 Å². The predicted molar refractivity (Wildman–Crippen MR) is 90.0 cm³/mol. The normalized spacial score (nSPS) is 18.0. The van der Waals surface area contributed by atoms with Crippen LogP contribution in [0.15, 0.2) is 29.6 Å². The summed E-state index contributed by atoms with van der Waals surface area (Å²) in [5.74, 6) is 0.820. The molecule has 1 aromatic carbocycles. The van der Waals surface area contributed by atoms with E-state index in [2.05, 4.69) is 4.98 Å². The fraction of sp³-hybridized carbons (Fsp3) is 0.412. The van der Waals surface area contributed by atoms with Crippen LogP contribution < -0.4 is 4.74 Å². The number of carbonyl (C=O) groups is 1. The number of thiazole rings is 1. The van der Waals surface area contributed by atoms with E-state index in [0.717, 1.165) is 16.3 Å². The van der Waals surface area contributed by atoms with Crippen molar-refractivity contribution in [2.75, 3.05) is 26.4 Å². The number of amides is 1. The zero-order valence-corrected chi connectivity index (χ0v) is 14.1. The lowest BCUT2D eigenvalue weighted by Gasteiger charge is -2.32. The summed E-state index contributed by atoms with van der Waals surface area (Å²) in [5, 5.41) is 2.67. The summed E-state index contributed by atoms with van der Waals surface area (Å²) in [6, 6.07) is 7.87. The second-order valence-corrected chi connectivity index (χ2v) is 6.28. The molecule has 2 heterocycles. The summed E-state index contributed by atoms with van der Waals surface area (Å²) in [6.45, 7) is 6.40. The van der Waals surface area contributed by atoms with Crippen molar-refractivity contribution in [1.82, 2.24) is 9.88 Å². The molecule has 0 aliphatic carbocycles. The van der Waals surface area contributed by atoms with E-state index in [1.807, 2.05) is 48.4 Å². The summed E-state index contributed by atoms with van der Waals surface area (Å²) in [7, 11) is 0. The average molecular weight is 332 g/mol. The molecule has 0 saturated carbocycles. The van der Waals surface area contributed by atoms with Crippen LogP contribution in [0.5, 0.6) is 5.75 Å². The van der Waals surface area contributed by atoms with E-state index in [-0.39, 0.29) is 11.9 Å². The Kier molecular flexibility index (Phi) is 4.93. The fourth-order valence-electron chi connectivity index (χ4n) is 2.54. The molecule has 1 atom stereocenters. The van der Waals surface area contributed by atoms with Crippen LogP contribution in [0.1, 0.15) is 24.3 Å². The molecule has 1 aromatic heterocycles. The van der Waals surface area contributed by atoms with Gasteiger partial charge in [0.15, 0.2) is 0 Å². The number of morpholine rings is 1. The number of hydrogen-bond donors (Lipinski definition) is 0. The highest BCUT2D eigenvalue weighted by Crippen LogP contribution is 2.26. The summed E-state index contributed by atoms with van der Waals surface area (Å²) >= 11 is 1.48. The van der Waals surface area contributed by atoms with Gasteiger partial charge >= 0.3 is 0 Å². The third-order valence-corrected chi connectivity index (χ3v) is 4.66. The molecule has 0 bridgehead atoms. The standard InChI is InChI=1S/C17H20N2O3S/c1-3-22-14-6-4-13(5-7-14)16-18-15(11-23-16)17(20)19-8-9-21-10-12(19)2/h4-7,11-12H,3,8-10H2,1-2H3/t12-/m0/s1. The monoisotopic (exact) mass is 332 g/mol. The first-order chi connectivity index (χ1) is 11.2. The number of aromatic nitrogens is 1. The number of nitrogens with zero attached hydrogens (tertiary/aromatic N) is 2. The van der Waals surface area contributed by atoms with Crippen LogP contribution in [-0.4, -0.2) is 48.2 Å². The van der Waals surface area contributed by atoms with Crippen molar-refractivity contribution in [3.8, 4) is 16.3 Å². The summed E-state index contributed by atoms with van der Waals surface area (Å²) < 4.78 is 10.8. The van der Waals surface area contributed by atoms with Crippen molar-refractivity contribution < 1.29 is 14.3 Å². The zero-order chi connectivity index (χ0) is 16.2. The quantitative estimate of drug-likeness (QED) is 0.863. The van der Waals surface area contributed by atoms with E-state index in [1.54, 1.807) is 0 Å². The Hall–Kier alpha value is -1.92. The third kappa shape index (κ3) is 3.54. The molecule has 0 N–H and O–H groups in total. The molecule has 122 valence electrons. The second-order valence-electron chi connectivity index (χ2n) is 5.42. The highest BCUT2D eigenvalue weighted by molar-refractivity contribution is 7.13. The van der Waals surface area contributed by atoms with Gasteiger partial charge in [0.05, 0.1) is 25.9 Å². The van der Waals surface area contributed by atoms with Crippen LogP contribution in [0.2, 0.25) is 0 Å². The Morgan fingerprint density at radius 2 is 2.22 bits per heavy atom. The average Bonchev–Trinajstić information content (AvgIpc) is 3.06. The molecule has 1 fully saturated rings. The summed E-state index contributed by atoms with van der Waals surface area (Å²) in [4.78, 5) is 18.9. The van der Waals surface area contributed by atoms with E-state index in [0.29, 0.717) is 32.1 Å². The van der Waals surface area contributed by atoms with E-state index < -0.39 is 0 Å². The van der Waals surface area contributed by atoms with Crippen LogP contribution in [0.25, 0.3) is 10.6 Å². The van der Waals surface area contributed by atoms with Crippen molar-refractivity contribution in [3.63, 3.8) is 0 Å². The van der Waals surface area contributed by atoms with Crippen molar-refractivity contribution in [3.05, 3.63) is 35.3 Å². The number of carbonyl (C=O) groups excluding carboxylic acids is 1. The van der Waals surface area contributed by atoms with Crippen molar-refractivity contribution in [2.24, 2.45) is 0 Å². The minimum atomic E-state index is -0.0192. The molecular formula is C17H20N2O3S. The van der Waals surface area contributed by atoms with Gasteiger partial charge in [-0.3, -0.25) is 4.79 Å². The number of hydrogen-bond acceptors (Lipinski definition) is 5. The van der Waals surface area contributed by atoms with Gasteiger partial charge in [-0.1, -0.05) is 0 Å². The minimum Gasteiger partial charge on any atom is -0.494 e. The molecule has 1 saturated heterocycles. The maximum Gasteiger partial charge on any atom is 0.273 e. The first-order valence-electron chi connectivity index (χ1n) is 7.76. The van der Waals surface area contributed by atoms with Gasteiger partial charge in [0.25, 0.3) is 5.91 Å². The van der Waals surface area contributed by atoms with Crippen molar-refractivity contribution >= 4 is 17.2 Å². The van der Waals surface area contributed by atoms with Gasteiger partial charge in [-0.25, -0.2) is 4.98 Å². The second kappa shape index (κ2) is 7.10. The third-order valence-electron chi connectivity index (χ3n) is 3.76. The van der Waals surface area contributed by atoms with Crippen LogP contribution in [-0.2, 0) is 4.74 Å². The molecule has 1 aliphatic rings. The zero-order valence-electron chi connectivity index (χ0n) is 13.3. The van der Waals surface area contributed by atoms with E-state index in [9.17, 15) is 4.79 Å². The topological polar surface area (TPSA) is 51.7 Å². The molecule has 5 nitrogen and oxygen atoms in total. The molecule has 23 heavy (non-hydrogen) atoms.